The SMILES string of the molecule is CCCCCN(CC(C)C(=O)O)C(C)C(C)=O. The van der Waals surface area contributed by atoms with Gasteiger partial charge < -0.3 is 5.11 Å². The molecule has 0 aromatic rings. The van der Waals surface area contributed by atoms with Crippen LogP contribution in [-0.2, 0) is 9.59 Å². The normalized spacial score (nSPS) is 14.6. The molecule has 0 aromatic carbocycles. The van der Waals surface area contributed by atoms with E-state index in [1.165, 1.54) is 0 Å². The summed E-state index contributed by atoms with van der Waals surface area (Å²) in [4.78, 5) is 24.2. The van der Waals surface area contributed by atoms with E-state index in [1.54, 1.807) is 13.8 Å². The van der Waals surface area contributed by atoms with Crippen molar-refractivity contribution >= 4 is 11.8 Å². The summed E-state index contributed by atoms with van der Waals surface area (Å²) in [5, 5.41) is 8.91. The number of ketones is 1. The second-order valence-corrected chi connectivity index (χ2v) is 4.73. The molecule has 0 saturated carbocycles. The molecule has 17 heavy (non-hydrogen) atoms. The summed E-state index contributed by atoms with van der Waals surface area (Å²) in [6.07, 6.45) is 3.25. The minimum atomic E-state index is -0.804. The second kappa shape index (κ2) is 8.23. The number of Topliss-reactive ketones (excluding diaryl/α,β-unsaturated/α-hetero) is 1. The Kier molecular flexibility index (Phi) is 7.79. The van der Waals surface area contributed by atoms with Crippen molar-refractivity contribution in [2.75, 3.05) is 13.1 Å². The number of hydrogen-bond acceptors (Lipinski definition) is 3. The number of carboxylic acid groups (broad SMARTS) is 1. The van der Waals surface area contributed by atoms with Gasteiger partial charge in [0.2, 0.25) is 0 Å². The number of unbranched alkanes of at least 4 members (excludes halogenated alkanes) is 2. The molecule has 4 heteroatoms. The van der Waals surface area contributed by atoms with Gasteiger partial charge in [0.15, 0.2) is 0 Å². The largest absolute Gasteiger partial charge is 0.481 e. The lowest BCUT2D eigenvalue weighted by Crippen LogP contribution is -2.42. The average molecular weight is 243 g/mol. The fourth-order valence-corrected chi connectivity index (χ4v) is 1.69. The average Bonchev–Trinajstić information content (AvgIpc) is 2.26. The van der Waals surface area contributed by atoms with Crippen LogP contribution >= 0.6 is 0 Å². The Morgan fingerprint density at radius 1 is 1.24 bits per heavy atom. The first-order valence-electron chi connectivity index (χ1n) is 6.37. The summed E-state index contributed by atoms with van der Waals surface area (Å²) in [6.45, 7) is 8.46. The monoisotopic (exact) mass is 243 g/mol. The van der Waals surface area contributed by atoms with Gasteiger partial charge in [-0.25, -0.2) is 0 Å². The van der Waals surface area contributed by atoms with Gasteiger partial charge in [0.05, 0.1) is 12.0 Å². The highest BCUT2D eigenvalue weighted by Crippen LogP contribution is 2.09. The van der Waals surface area contributed by atoms with Crippen molar-refractivity contribution in [3.05, 3.63) is 0 Å². The molecule has 0 bridgehead atoms. The molecule has 0 rings (SSSR count). The van der Waals surface area contributed by atoms with Gasteiger partial charge in [0.25, 0.3) is 0 Å². The molecule has 0 radical (unpaired) electrons. The van der Waals surface area contributed by atoms with Crippen LogP contribution in [0.3, 0.4) is 0 Å². The molecule has 2 atom stereocenters. The molecule has 0 aromatic heterocycles. The summed E-state index contributed by atoms with van der Waals surface area (Å²) >= 11 is 0. The van der Waals surface area contributed by atoms with Crippen LogP contribution in [0.25, 0.3) is 0 Å². The lowest BCUT2D eigenvalue weighted by Gasteiger charge is -2.28. The molecule has 0 aliphatic carbocycles. The summed E-state index contributed by atoms with van der Waals surface area (Å²) in [6, 6.07) is -0.186. The molecule has 0 aliphatic heterocycles. The van der Waals surface area contributed by atoms with Crippen molar-refractivity contribution in [1.29, 1.82) is 0 Å². The van der Waals surface area contributed by atoms with E-state index >= 15 is 0 Å². The summed E-state index contributed by atoms with van der Waals surface area (Å²) < 4.78 is 0. The van der Waals surface area contributed by atoms with Crippen LogP contribution < -0.4 is 0 Å². The fourth-order valence-electron chi connectivity index (χ4n) is 1.69. The van der Waals surface area contributed by atoms with E-state index in [2.05, 4.69) is 6.92 Å². The van der Waals surface area contributed by atoms with E-state index in [9.17, 15) is 9.59 Å². The number of nitrogens with zero attached hydrogens (tertiary/aromatic N) is 1. The van der Waals surface area contributed by atoms with Crippen LogP contribution in [0.4, 0.5) is 0 Å². The zero-order valence-electron chi connectivity index (χ0n) is 11.4. The molecule has 100 valence electrons. The van der Waals surface area contributed by atoms with E-state index in [4.69, 9.17) is 5.11 Å². The first-order chi connectivity index (χ1) is 7.90. The lowest BCUT2D eigenvalue weighted by molar-refractivity contribution is -0.142. The zero-order valence-corrected chi connectivity index (χ0v) is 11.4. The van der Waals surface area contributed by atoms with Crippen LogP contribution in [0.2, 0.25) is 0 Å². The highest BCUT2D eigenvalue weighted by atomic mass is 16.4. The molecule has 0 heterocycles. The van der Waals surface area contributed by atoms with Crippen molar-refractivity contribution < 1.29 is 14.7 Å². The number of carbonyl (C=O) groups is 2. The molecule has 0 amide bonds. The van der Waals surface area contributed by atoms with Crippen LogP contribution in [0.1, 0.15) is 47.0 Å². The van der Waals surface area contributed by atoms with Gasteiger partial charge in [-0.1, -0.05) is 26.7 Å². The van der Waals surface area contributed by atoms with Crippen molar-refractivity contribution in [3.63, 3.8) is 0 Å². The quantitative estimate of drug-likeness (QED) is 0.631. The number of carbonyl (C=O) groups excluding carboxylic acids is 1. The van der Waals surface area contributed by atoms with E-state index in [-0.39, 0.29) is 11.8 Å². The Labute approximate surface area is 104 Å². The molecule has 0 spiro atoms. The molecular weight excluding hydrogens is 218 g/mol. The number of carboxylic acids is 1. The molecule has 2 unspecified atom stereocenters. The molecule has 0 fully saturated rings. The number of aliphatic carboxylic acids is 1. The fraction of sp³-hybridized carbons (Fsp3) is 0.846. The first-order valence-corrected chi connectivity index (χ1v) is 6.37. The number of hydrogen-bond donors (Lipinski definition) is 1. The summed E-state index contributed by atoms with van der Waals surface area (Å²) in [5.74, 6) is -1.14. The van der Waals surface area contributed by atoms with Gasteiger partial charge in [-0.3, -0.25) is 14.5 Å². The minimum Gasteiger partial charge on any atom is -0.481 e. The Balaban J connectivity index is 4.39. The third kappa shape index (κ3) is 6.41. The van der Waals surface area contributed by atoms with Crippen molar-refractivity contribution in [2.24, 2.45) is 5.92 Å². The Bertz CT molecular complexity index is 253. The van der Waals surface area contributed by atoms with E-state index in [0.29, 0.717) is 6.54 Å². The van der Waals surface area contributed by atoms with E-state index < -0.39 is 11.9 Å². The first kappa shape index (κ1) is 16.1. The van der Waals surface area contributed by atoms with E-state index in [1.807, 2.05) is 11.8 Å². The molecule has 0 saturated heterocycles. The van der Waals surface area contributed by atoms with Gasteiger partial charge in [0.1, 0.15) is 5.78 Å². The molecule has 4 nitrogen and oxygen atoms in total. The minimum absolute atomic E-state index is 0.0964. The Morgan fingerprint density at radius 2 is 1.82 bits per heavy atom. The topological polar surface area (TPSA) is 57.6 Å². The van der Waals surface area contributed by atoms with Gasteiger partial charge >= 0.3 is 5.97 Å². The van der Waals surface area contributed by atoms with Gasteiger partial charge in [-0.2, -0.15) is 0 Å². The van der Waals surface area contributed by atoms with Crippen LogP contribution in [-0.4, -0.2) is 40.9 Å². The maximum atomic E-state index is 11.4. The second-order valence-electron chi connectivity index (χ2n) is 4.73. The Hall–Kier alpha value is -0.900. The predicted molar refractivity (Wildman–Crippen MR) is 68.0 cm³/mol. The van der Waals surface area contributed by atoms with E-state index in [0.717, 1.165) is 25.8 Å². The summed E-state index contributed by atoms with van der Waals surface area (Å²) in [7, 11) is 0. The zero-order chi connectivity index (χ0) is 13.4. The molecule has 0 aliphatic rings. The van der Waals surface area contributed by atoms with Crippen molar-refractivity contribution in [2.45, 2.75) is 53.0 Å². The third-order valence-electron chi connectivity index (χ3n) is 3.11. The van der Waals surface area contributed by atoms with Crippen LogP contribution in [0, 0.1) is 5.92 Å². The third-order valence-corrected chi connectivity index (χ3v) is 3.11. The predicted octanol–water partition coefficient (Wildman–Crippen LogP) is 2.18. The van der Waals surface area contributed by atoms with Crippen LogP contribution in [0.5, 0.6) is 0 Å². The Morgan fingerprint density at radius 3 is 2.24 bits per heavy atom. The van der Waals surface area contributed by atoms with Crippen molar-refractivity contribution in [3.8, 4) is 0 Å². The van der Waals surface area contributed by atoms with Crippen LogP contribution in [0.15, 0.2) is 0 Å². The number of rotatable bonds is 9. The molecular formula is C13H25NO3. The van der Waals surface area contributed by atoms with Gasteiger partial charge in [-0.15, -0.1) is 0 Å². The highest BCUT2D eigenvalue weighted by molar-refractivity contribution is 5.81. The van der Waals surface area contributed by atoms with Gasteiger partial charge in [0, 0.05) is 6.54 Å². The van der Waals surface area contributed by atoms with Gasteiger partial charge in [-0.05, 0) is 26.8 Å². The highest BCUT2D eigenvalue weighted by Gasteiger charge is 2.22. The molecule has 1 N–H and O–H groups in total. The lowest BCUT2D eigenvalue weighted by atomic mass is 10.1. The smallest absolute Gasteiger partial charge is 0.307 e. The standard InChI is InChI=1S/C13H25NO3/c1-5-6-7-8-14(11(3)12(4)15)9-10(2)13(16)17/h10-11H,5-9H2,1-4H3,(H,16,17). The maximum absolute atomic E-state index is 11.4. The maximum Gasteiger partial charge on any atom is 0.307 e. The van der Waals surface area contributed by atoms with Crippen molar-refractivity contribution in [1.82, 2.24) is 4.90 Å². The summed E-state index contributed by atoms with van der Waals surface area (Å²) in [5.41, 5.74) is 0.